The number of hydrogen-bond donors (Lipinski definition) is 2. The monoisotopic (exact) mass is 317 g/mol. The number of hydrogen-bond acceptors (Lipinski definition) is 3. The van der Waals surface area contributed by atoms with Gasteiger partial charge in [0.05, 0.1) is 28.8 Å². The van der Waals surface area contributed by atoms with E-state index in [9.17, 15) is 9.59 Å². The molecule has 0 aliphatic carbocycles. The van der Waals surface area contributed by atoms with Crippen LogP contribution in [0, 0.1) is 5.92 Å². The van der Waals surface area contributed by atoms with E-state index in [4.69, 9.17) is 33.0 Å². The first-order chi connectivity index (χ1) is 9.49. The average molecular weight is 318 g/mol. The number of ether oxygens (including phenoxy) is 1. The van der Waals surface area contributed by atoms with Gasteiger partial charge in [0, 0.05) is 11.6 Å². The zero-order chi connectivity index (χ0) is 14.7. The van der Waals surface area contributed by atoms with Gasteiger partial charge < -0.3 is 15.2 Å². The van der Waals surface area contributed by atoms with Gasteiger partial charge in [0.15, 0.2) is 0 Å². The van der Waals surface area contributed by atoms with E-state index in [0.29, 0.717) is 19.6 Å². The standard InChI is InChI=1S/C13H13Cl2NO4/c14-8-4-9(13(18)19)11(10(15)5-8)16-12(17)7-2-1-3-20-6-7/h4-5,7H,1-3,6H2,(H,16,17)(H,18,19). The van der Waals surface area contributed by atoms with Crippen LogP contribution in [0.1, 0.15) is 23.2 Å². The Morgan fingerprint density at radius 1 is 1.35 bits per heavy atom. The number of amides is 1. The van der Waals surface area contributed by atoms with Crippen molar-refractivity contribution in [3.63, 3.8) is 0 Å². The number of carboxylic acid groups (broad SMARTS) is 1. The summed E-state index contributed by atoms with van der Waals surface area (Å²) in [6, 6.07) is 2.64. The van der Waals surface area contributed by atoms with Crippen LogP contribution in [0.15, 0.2) is 12.1 Å². The van der Waals surface area contributed by atoms with Crippen LogP contribution in [0.25, 0.3) is 0 Å². The lowest BCUT2D eigenvalue weighted by Gasteiger charge is -2.22. The Balaban J connectivity index is 2.23. The quantitative estimate of drug-likeness (QED) is 0.898. The van der Waals surface area contributed by atoms with E-state index in [1.807, 2.05) is 0 Å². The van der Waals surface area contributed by atoms with Crippen LogP contribution >= 0.6 is 23.2 Å². The first kappa shape index (κ1) is 15.1. The smallest absolute Gasteiger partial charge is 0.337 e. The van der Waals surface area contributed by atoms with E-state index in [1.54, 1.807) is 0 Å². The fourth-order valence-electron chi connectivity index (χ4n) is 2.04. The lowest BCUT2D eigenvalue weighted by Crippen LogP contribution is -2.30. The van der Waals surface area contributed by atoms with Crippen molar-refractivity contribution in [2.75, 3.05) is 18.5 Å². The fraction of sp³-hybridized carbons (Fsp3) is 0.385. The molecule has 108 valence electrons. The number of carbonyl (C=O) groups excluding carboxylic acids is 1. The number of rotatable bonds is 3. The molecule has 1 aromatic rings. The molecule has 0 radical (unpaired) electrons. The van der Waals surface area contributed by atoms with Crippen molar-refractivity contribution < 1.29 is 19.4 Å². The number of carboxylic acids is 1. The van der Waals surface area contributed by atoms with Gasteiger partial charge in [-0.05, 0) is 25.0 Å². The number of carbonyl (C=O) groups is 2. The first-order valence-corrected chi connectivity index (χ1v) is 6.85. The second-order valence-electron chi connectivity index (χ2n) is 4.52. The van der Waals surface area contributed by atoms with E-state index in [2.05, 4.69) is 5.32 Å². The van der Waals surface area contributed by atoms with Crippen LogP contribution in [0.5, 0.6) is 0 Å². The van der Waals surface area contributed by atoms with Gasteiger partial charge in [-0.2, -0.15) is 0 Å². The van der Waals surface area contributed by atoms with Gasteiger partial charge in [0.1, 0.15) is 0 Å². The zero-order valence-corrected chi connectivity index (χ0v) is 12.0. The molecule has 1 unspecified atom stereocenters. The van der Waals surface area contributed by atoms with Crippen LogP contribution in [-0.4, -0.2) is 30.2 Å². The van der Waals surface area contributed by atoms with Crippen LogP contribution in [0.2, 0.25) is 10.0 Å². The minimum atomic E-state index is -1.20. The predicted molar refractivity (Wildman–Crippen MR) is 75.6 cm³/mol. The topological polar surface area (TPSA) is 75.6 Å². The summed E-state index contributed by atoms with van der Waals surface area (Å²) in [7, 11) is 0. The summed E-state index contributed by atoms with van der Waals surface area (Å²) in [6.45, 7) is 0.977. The van der Waals surface area contributed by atoms with Crippen LogP contribution in [0.3, 0.4) is 0 Å². The molecule has 2 rings (SSSR count). The van der Waals surface area contributed by atoms with Crippen molar-refractivity contribution in [1.82, 2.24) is 0 Å². The lowest BCUT2D eigenvalue weighted by atomic mass is 10.0. The van der Waals surface area contributed by atoms with Gasteiger partial charge in [-0.15, -0.1) is 0 Å². The Morgan fingerprint density at radius 2 is 2.10 bits per heavy atom. The molecule has 20 heavy (non-hydrogen) atoms. The molecule has 1 aliphatic heterocycles. The third kappa shape index (κ3) is 3.42. The largest absolute Gasteiger partial charge is 0.478 e. The van der Waals surface area contributed by atoms with Crippen molar-refractivity contribution in [2.45, 2.75) is 12.8 Å². The highest BCUT2D eigenvalue weighted by atomic mass is 35.5. The third-order valence-corrected chi connectivity index (χ3v) is 3.58. The molecule has 2 N–H and O–H groups in total. The molecule has 5 nitrogen and oxygen atoms in total. The average Bonchev–Trinajstić information content (AvgIpc) is 2.42. The Bertz CT molecular complexity index is 541. The summed E-state index contributed by atoms with van der Waals surface area (Å²) in [5.74, 6) is -1.79. The maximum absolute atomic E-state index is 12.1. The maximum Gasteiger partial charge on any atom is 0.337 e. The Kier molecular flexibility index (Phi) is 4.86. The summed E-state index contributed by atoms with van der Waals surface area (Å²) in [5.41, 5.74) is -0.0632. The van der Waals surface area contributed by atoms with Crippen molar-refractivity contribution in [3.05, 3.63) is 27.7 Å². The maximum atomic E-state index is 12.1. The van der Waals surface area contributed by atoms with E-state index in [0.717, 1.165) is 6.42 Å². The number of anilines is 1. The lowest BCUT2D eigenvalue weighted by molar-refractivity contribution is -0.123. The molecule has 1 fully saturated rings. The molecular weight excluding hydrogens is 305 g/mol. The second kappa shape index (κ2) is 6.43. The Morgan fingerprint density at radius 3 is 2.70 bits per heavy atom. The van der Waals surface area contributed by atoms with Gasteiger partial charge in [0.25, 0.3) is 0 Å². The van der Waals surface area contributed by atoms with E-state index in [-0.39, 0.29) is 33.1 Å². The molecule has 0 aromatic heterocycles. The Labute approximate surface area is 125 Å². The zero-order valence-electron chi connectivity index (χ0n) is 10.5. The van der Waals surface area contributed by atoms with E-state index < -0.39 is 5.97 Å². The minimum absolute atomic E-state index is 0.0686. The first-order valence-electron chi connectivity index (χ1n) is 6.10. The van der Waals surface area contributed by atoms with Crippen molar-refractivity contribution in [2.24, 2.45) is 5.92 Å². The van der Waals surface area contributed by atoms with Crippen molar-refractivity contribution in [3.8, 4) is 0 Å². The summed E-state index contributed by atoms with van der Waals surface area (Å²) in [5, 5.41) is 12.0. The number of benzene rings is 1. The number of halogens is 2. The molecule has 0 bridgehead atoms. The van der Waals surface area contributed by atoms with Gasteiger partial charge >= 0.3 is 5.97 Å². The summed E-state index contributed by atoms with van der Waals surface area (Å²) >= 11 is 11.7. The van der Waals surface area contributed by atoms with Gasteiger partial charge in [-0.1, -0.05) is 23.2 Å². The summed E-state index contributed by atoms with van der Waals surface area (Å²) < 4.78 is 5.24. The van der Waals surface area contributed by atoms with Crippen molar-refractivity contribution in [1.29, 1.82) is 0 Å². The highest BCUT2D eigenvalue weighted by molar-refractivity contribution is 6.37. The summed E-state index contributed by atoms with van der Waals surface area (Å²) in [6.07, 6.45) is 1.51. The van der Waals surface area contributed by atoms with Crippen LogP contribution < -0.4 is 5.32 Å². The van der Waals surface area contributed by atoms with Crippen LogP contribution in [-0.2, 0) is 9.53 Å². The molecule has 7 heteroatoms. The van der Waals surface area contributed by atoms with Gasteiger partial charge in [-0.25, -0.2) is 4.79 Å². The SMILES string of the molecule is O=C(O)c1cc(Cl)cc(Cl)c1NC(=O)C1CCCOC1. The molecule has 1 aliphatic rings. The molecule has 1 amide bonds. The predicted octanol–water partition coefficient (Wildman–Crippen LogP) is 3.06. The second-order valence-corrected chi connectivity index (χ2v) is 5.36. The van der Waals surface area contributed by atoms with E-state index in [1.165, 1.54) is 12.1 Å². The van der Waals surface area contributed by atoms with Gasteiger partial charge in [0.2, 0.25) is 5.91 Å². The van der Waals surface area contributed by atoms with E-state index >= 15 is 0 Å². The summed E-state index contributed by atoms with van der Waals surface area (Å²) in [4.78, 5) is 23.3. The number of nitrogens with one attached hydrogen (secondary N) is 1. The number of aromatic carboxylic acids is 1. The molecule has 0 saturated carbocycles. The molecule has 0 spiro atoms. The molecule has 1 atom stereocenters. The van der Waals surface area contributed by atoms with Gasteiger partial charge in [-0.3, -0.25) is 4.79 Å². The highest BCUT2D eigenvalue weighted by Gasteiger charge is 2.24. The minimum Gasteiger partial charge on any atom is -0.478 e. The molecular formula is C13H13Cl2NO4. The molecule has 1 heterocycles. The molecule has 1 aromatic carbocycles. The normalized spacial score (nSPS) is 18.6. The molecule has 1 saturated heterocycles. The fourth-order valence-corrected chi connectivity index (χ4v) is 2.58. The van der Waals surface area contributed by atoms with Crippen LogP contribution in [0.4, 0.5) is 5.69 Å². The highest BCUT2D eigenvalue weighted by Crippen LogP contribution is 2.31. The Hall–Kier alpha value is -1.30. The third-order valence-electron chi connectivity index (χ3n) is 3.06. The van der Waals surface area contributed by atoms with Crippen molar-refractivity contribution >= 4 is 40.8 Å².